The van der Waals surface area contributed by atoms with E-state index in [0.29, 0.717) is 6.42 Å². The number of aliphatic carboxylic acids is 1. The minimum Gasteiger partial charge on any atom is -0.480 e. The normalized spacial score (nSPS) is 13.1. The van der Waals surface area contributed by atoms with Gasteiger partial charge in [-0.2, -0.15) is 0 Å². The highest BCUT2D eigenvalue weighted by atomic mass is 16.5. The number of carboxylic acid groups (broad SMARTS) is 1. The van der Waals surface area contributed by atoms with Crippen molar-refractivity contribution in [1.82, 2.24) is 10.2 Å². The SMILES string of the molecule is CCC(CNC(=O)OCC1c2ccccc2-c2ccccc21)C(=O)N(CCO)CC(=O)O. The van der Waals surface area contributed by atoms with Gasteiger partial charge in [0.15, 0.2) is 0 Å². The molecule has 0 heterocycles. The van der Waals surface area contributed by atoms with Gasteiger partial charge in [-0.25, -0.2) is 4.79 Å². The van der Waals surface area contributed by atoms with Crippen LogP contribution in [-0.4, -0.2) is 65.9 Å². The maximum atomic E-state index is 12.6. The molecule has 0 bridgehead atoms. The van der Waals surface area contributed by atoms with Gasteiger partial charge in [0.2, 0.25) is 5.91 Å². The summed E-state index contributed by atoms with van der Waals surface area (Å²) < 4.78 is 5.48. The van der Waals surface area contributed by atoms with E-state index in [1.54, 1.807) is 6.92 Å². The maximum Gasteiger partial charge on any atom is 0.407 e. The van der Waals surface area contributed by atoms with Gasteiger partial charge in [0.25, 0.3) is 0 Å². The Labute approximate surface area is 186 Å². The predicted octanol–water partition coefficient (Wildman–Crippen LogP) is 2.46. The molecule has 1 atom stereocenters. The van der Waals surface area contributed by atoms with Crippen molar-refractivity contribution in [2.24, 2.45) is 5.92 Å². The molecule has 0 spiro atoms. The highest BCUT2D eigenvalue weighted by Crippen LogP contribution is 2.44. The lowest BCUT2D eigenvalue weighted by molar-refractivity contribution is -0.146. The first-order valence-corrected chi connectivity index (χ1v) is 10.7. The number of aliphatic hydroxyl groups is 1. The summed E-state index contributed by atoms with van der Waals surface area (Å²) in [6, 6.07) is 16.1. The fraction of sp³-hybridized carbons (Fsp3) is 0.375. The van der Waals surface area contributed by atoms with Crippen molar-refractivity contribution < 1.29 is 29.3 Å². The zero-order chi connectivity index (χ0) is 23.1. The number of carbonyl (C=O) groups excluding carboxylic acids is 2. The van der Waals surface area contributed by atoms with Crippen LogP contribution in [0.15, 0.2) is 48.5 Å². The molecule has 0 aromatic heterocycles. The third-order valence-electron chi connectivity index (χ3n) is 5.69. The molecule has 3 rings (SSSR count). The van der Waals surface area contributed by atoms with Gasteiger partial charge in [-0.15, -0.1) is 0 Å². The first-order chi connectivity index (χ1) is 15.5. The van der Waals surface area contributed by atoms with Crippen LogP contribution in [-0.2, 0) is 14.3 Å². The molecule has 0 saturated heterocycles. The summed E-state index contributed by atoms with van der Waals surface area (Å²) >= 11 is 0. The molecule has 2 aromatic carbocycles. The zero-order valence-corrected chi connectivity index (χ0v) is 18.0. The van der Waals surface area contributed by atoms with Crippen molar-refractivity contribution in [3.05, 3.63) is 59.7 Å². The Hall–Kier alpha value is -3.39. The largest absolute Gasteiger partial charge is 0.480 e. The van der Waals surface area contributed by atoms with E-state index >= 15 is 0 Å². The van der Waals surface area contributed by atoms with Gasteiger partial charge in [-0.1, -0.05) is 55.5 Å². The number of rotatable bonds is 10. The molecule has 0 aliphatic heterocycles. The number of amides is 2. The number of hydrogen-bond donors (Lipinski definition) is 3. The van der Waals surface area contributed by atoms with Crippen LogP contribution in [0.2, 0.25) is 0 Å². The zero-order valence-electron chi connectivity index (χ0n) is 18.0. The molecule has 2 aromatic rings. The molecule has 0 saturated carbocycles. The van der Waals surface area contributed by atoms with Crippen LogP contribution in [0.4, 0.5) is 4.79 Å². The lowest BCUT2D eigenvalue weighted by Crippen LogP contribution is -2.44. The third kappa shape index (κ3) is 5.26. The van der Waals surface area contributed by atoms with Crippen molar-refractivity contribution in [2.75, 3.05) is 32.8 Å². The van der Waals surface area contributed by atoms with Crippen molar-refractivity contribution in [1.29, 1.82) is 0 Å². The van der Waals surface area contributed by atoms with E-state index in [-0.39, 0.29) is 32.2 Å². The molecule has 1 unspecified atom stereocenters. The van der Waals surface area contributed by atoms with Gasteiger partial charge in [-0.05, 0) is 28.7 Å². The Morgan fingerprint density at radius 3 is 2.19 bits per heavy atom. The quantitative estimate of drug-likeness (QED) is 0.523. The van der Waals surface area contributed by atoms with Crippen molar-refractivity contribution in [3.8, 4) is 11.1 Å². The molecule has 1 aliphatic carbocycles. The molecule has 0 radical (unpaired) electrons. The standard InChI is InChI=1S/C24H28N2O6/c1-2-16(23(30)26(11-12-27)14-22(28)29)13-25-24(31)32-15-21-19-9-5-3-7-17(19)18-8-4-6-10-20(18)21/h3-10,16,21,27H,2,11-15H2,1H3,(H,25,31)(H,28,29). The van der Waals surface area contributed by atoms with E-state index < -0.39 is 30.4 Å². The second kappa shape index (κ2) is 10.8. The maximum absolute atomic E-state index is 12.6. The van der Waals surface area contributed by atoms with Crippen molar-refractivity contribution >= 4 is 18.0 Å². The van der Waals surface area contributed by atoms with Crippen molar-refractivity contribution in [2.45, 2.75) is 19.3 Å². The number of carbonyl (C=O) groups is 3. The Bertz CT molecular complexity index is 931. The van der Waals surface area contributed by atoms with Gasteiger partial charge in [0.05, 0.1) is 12.5 Å². The molecule has 170 valence electrons. The van der Waals surface area contributed by atoms with E-state index in [4.69, 9.17) is 14.9 Å². The number of benzene rings is 2. The minimum atomic E-state index is -1.16. The lowest BCUT2D eigenvalue weighted by atomic mass is 9.98. The number of hydrogen-bond acceptors (Lipinski definition) is 5. The Morgan fingerprint density at radius 1 is 1.06 bits per heavy atom. The molecular weight excluding hydrogens is 412 g/mol. The van der Waals surface area contributed by atoms with E-state index in [9.17, 15) is 14.4 Å². The highest BCUT2D eigenvalue weighted by Gasteiger charge is 2.29. The molecule has 1 aliphatic rings. The summed E-state index contributed by atoms with van der Waals surface area (Å²) in [6.07, 6.45) is -0.227. The monoisotopic (exact) mass is 440 g/mol. The molecule has 32 heavy (non-hydrogen) atoms. The summed E-state index contributed by atoms with van der Waals surface area (Å²) in [5.41, 5.74) is 4.49. The van der Waals surface area contributed by atoms with Crippen LogP contribution in [0.3, 0.4) is 0 Å². The number of carboxylic acids is 1. The Morgan fingerprint density at radius 2 is 1.66 bits per heavy atom. The van der Waals surface area contributed by atoms with E-state index in [2.05, 4.69) is 17.4 Å². The Kier molecular flexibility index (Phi) is 7.83. The topological polar surface area (TPSA) is 116 Å². The van der Waals surface area contributed by atoms with Gasteiger partial charge in [0.1, 0.15) is 13.2 Å². The van der Waals surface area contributed by atoms with Crippen LogP contribution in [0.25, 0.3) is 11.1 Å². The fourth-order valence-corrected chi connectivity index (χ4v) is 4.07. The molecule has 0 fully saturated rings. The highest BCUT2D eigenvalue weighted by molar-refractivity contribution is 5.84. The summed E-state index contributed by atoms with van der Waals surface area (Å²) in [4.78, 5) is 37.0. The first kappa shape index (κ1) is 23.3. The summed E-state index contributed by atoms with van der Waals surface area (Å²) in [6.45, 7) is 1.05. The summed E-state index contributed by atoms with van der Waals surface area (Å²) in [7, 11) is 0. The smallest absolute Gasteiger partial charge is 0.407 e. The van der Waals surface area contributed by atoms with E-state index in [1.165, 1.54) is 0 Å². The number of nitrogens with one attached hydrogen (secondary N) is 1. The van der Waals surface area contributed by atoms with Gasteiger partial charge in [-0.3, -0.25) is 9.59 Å². The first-order valence-electron chi connectivity index (χ1n) is 10.7. The fourth-order valence-electron chi connectivity index (χ4n) is 4.07. The van der Waals surface area contributed by atoms with Crippen LogP contribution in [0.1, 0.15) is 30.4 Å². The van der Waals surface area contributed by atoms with Crippen LogP contribution >= 0.6 is 0 Å². The number of ether oxygens (including phenoxy) is 1. The van der Waals surface area contributed by atoms with E-state index in [0.717, 1.165) is 27.2 Å². The summed E-state index contributed by atoms with van der Waals surface area (Å²) in [5, 5.41) is 20.7. The lowest BCUT2D eigenvalue weighted by Gasteiger charge is -2.25. The Balaban J connectivity index is 1.58. The predicted molar refractivity (Wildman–Crippen MR) is 118 cm³/mol. The van der Waals surface area contributed by atoms with Gasteiger partial charge >= 0.3 is 12.1 Å². The molecular formula is C24H28N2O6. The van der Waals surface area contributed by atoms with Gasteiger partial charge in [0, 0.05) is 19.0 Å². The summed E-state index contributed by atoms with van der Waals surface area (Å²) in [5.74, 6) is -2.26. The second-order valence-electron chi connectivity index (χ2n) is 7.69. The molecule has 3 N–H and O–H groups in total. The number of alkyl carbamates (subject to hydrolysis) is 1. The number of fused-ring (bicyclic) bond motifs is 3. The molecule has 2 amide bonds. The van der Waals surface area contributed by atoms with Crippen LogP contribution in [0.5, 0.6) is 0 Å². The molecule has 8 nitrogen and oxygen atoms in total. The number of aliphatic hydroxyl groups excluding tert-OH is 1. The van der Waals surface area contributed by atoms with Crippen LogP contribution in [0, 0.1) is 5.92 Å². The molecule has 8 heteroatoms. The average molecular weight is 440 g/mol. The van der Waals surface area contributed by atoms with E-state index in [1.807, 2.05) is 36.4 Å². The second-order valence-corrected chi connectivity index (χ2v) is 7.69. The van der Waals surface area contributed by atoms with Crippen molar-refractivity contribution in [3.63, 3.8) is 0 Å². The average Bonchev–Trinajstić information content (AvgIpc) is 3.11. The minimum absolute atomic E-state index is 0.0214. The third-order valence-corrected chi connectivity index (χ3v) is 5.69. The van der Waals surface area contributed by atoms with Gasteiger partial charge < -0.3 is 25.2 Å². The van der Waals surface area contributed by atoms with Crippen LogP contribution < -0.4 is 5.32 Å². The number of nitrogens with zero attached hydrogens (tertiary/aromatic N) is 1.